The maximum absolute atomic E-state index is 12.5. The molecule has 0 saturated carbocycles. The zero-order valence-corrected chi connectivity index (χ0v) is 17.1. The highest BCUT2D eigenvalue weighted by molar-refractivity contribution is 5.91. The molecular weight excluding hydrogens is 376 g/mol. The number of hydrogen-bond donors (Lipinski definition) is 3. The Kier molecular flexibility index (Phi) is 11.7. The SMILES string of the molecule is C=CCCCCCCCCC(=O)N1CCC[C@H]1C(=O)N[C@@H](CCC(=O)O)C(=O)O. The predicted octanol–water partition coefficient (Wildman–Crippen LogP) is 2.72. The number of carboxylic acids is 2. The molecule has 1 fully saturated rings. The van der Waals surface area contributed by atoms with E-state index < -0.39 is 29.9 Å². The lowest BCUT2D eigenvalue weighted by Crippen LogP contribution is -2.51. The summed E-state index contributed by atoms with van der Waals surface area (Å²) in [6.45, 7) is 4.19. The largest absolute Gasteiger partial charge is 0.481 e. The number of nitrogens with zero attached hydrogens (tertiary/aromatic N) is 1. The lowest BCUT2D eigenvalue weighted by atomic mass is 10.1. The molecule has 1 heterocycles. The summed E-state index contributed by atoms with van der Waals surface area (Å²) >= 11 is 0. The fourth-order valence-electron chi connectivity index (χ4n) is 3.55. The molecule has 0 aliphatic carbocycles. The molecule has 0 radical (unpaired) electrons. The van der Waals surface area contributed by atoms with Crippen molar-refractivity contribution in [2.45, 2.75) is 89.1 Å². The highest BCUT2D eigenvalue weighted by Gasteiger charge is 2.35. The fraction of sp³-hybridized carbons (Fsp3) is 0.714. The van der Waals surface area contributed by atoms with Gasteiger partial charge in [0.15, 0.2) is 0 Å². The number of rotatable bonds is 15. The Labute approximate surface area is 172 Å². The second kappa shape index (κ2) is 13.7. The van der Waals surface area contributed by atoms with Crippen LogP contribution in [0.3, 0.4) is 0 Å². The summed E-state index contributed by atoms with van der Waals surface area (Å²) in [6.07, 6.45) is 10.3. The number of carboxylic acid groups (broad SMARTS) is 2. The van der Waals surface area contributed by atoms with Gasteiger partial charge in [-0.2, -0.15) is 0 Å². The minimum Gasteiger partial charge on any atom is -0.481 e. The van der Waals surface area contributed by atoms with E-state index in [9.17, 15) is 24.3 Å². The highest BCUT2D eigenvalue weighted by atomic mass is 16.4. The van der Waals surface area contributed by atoms with E-state index >= 15 is 0 Å². The van der Waals surface area contributed by atoms with Crippen LogP contribution in [0.25, 0.3) is 0 Å². The molecule has 3 N–H and O–H groups in total. The topological polar surface area (TPSA) is 124 Å². The molecule has 8 nitrogen and oxygen atoms in total. The van der Waals surface area contributed by atoms with Gasteiger partial charge < -0.3 is 20.4 Å². The van der Waals surface area contributed by atoms with Gasteiger partial charge in [0.2, 0.25) is 11.8 Å². The van der Waals surface area contributed by atoms with Crippen LogP contribution in [0.5, 0.6) is 0 Å². The van der Waals surface area contributed by atoms with Gasteiger partial charge in [0.05, 0.1) is 0 Å². The van der Waals surface area contributed by atoms with Crippen LogP contribution in [0.1, 0.15) is 77.0 Å². The molecule has 0 unspecified atom stereocenters. The molecule has 1 aliphatic heterocycles. The molecule has 1 aliphatic rings. The third-order valence-electron chi connectivity index (χ3n) is 5.19. The number of allylic oxidation sites excluding steroid dienone is 1. The van der Waals surface area contributed by atoms with Crippen LogP contribution in [0, 0.1) is 0 Å². The molecule has 0 aromatic heterocycles. The van der Waals surface area contributed by atoms with Crippen molar-refractivity contribution < 1.29 is 29.4 Å². The van der Waals surface area contributed by atoms with Gasteiger partial charge in [-0.25, -0.2) is 4.79 Å². The number of hydrogen-bond acceptors (Lipinski definition) is 4. The monoisotopic (exact) mass is 410 g/mol. The van der Waals surface area contributed by atoms with Crippen molar-refractivity contribution in [3.8, 4) is 0 Å². The molecule has 0 spiro atoms. The summed E-state index contributed by atoms with van der Waals surface area (Å²) in [5, 5.41) is 20.3. The van der Waals surface area contributed by atoms with Crippen molar-refractivity contribution in [3.63, 3.8) is 0 Å². The Balaban J connectivity index is 2.40. The fourth-order valence-corrected chi connectivity index (χ4v) is 3.55. The quantitative estimate of drug-likeness (QED) is 0.282. The molecule has 164 valence electrons. The van der Waals surface area contributed by atoms with Crippen molar-refractivity contribution in [1.82, 2.24) is 10.2 Å². The summed E-state index contributed by atoms with van der Waals surface area (Å²) in [6, 6.07) is -1.94. The first-order chi connectivity index (χ1) is 13.9. The van der Waals surface area contributed by atoms with Crippen molar-refractivity contribution >= 4 is 23.8 Å². The first-order valence-electron chi connectivity index (χ1n) is 10.5. The molecule has 0 aromatic rings. The van der Waals surface area contributed by atoms with Crippen LogP contribution in [-0.4, -0.2) is 57.5 Å². The normalized spacial score (nSPS) is 17.0. The van der Waals surface area contributed by atoms with Crippen LogP contribution in [-0.2, 0) is 19.2 Å². The smallest absolute Gasteiger partial charge is 0.326 e. The summed E-state index contributed by atoms with van der Waals surface area (Å²) in [5.41, 5.74) is 0. The maximum atomic E-state index is 12.5. The second-order valence-corrected chi connectivity index (χ2v) is 7.53. The summed E-state index contributed by atoms with van der Waals surface area (Å²) in [7, 11) is 0. The number of nitrogens with one attached hydrogen (secondary N) is 1. The van der Waals surface area contributed by atoms with Gasteiger partial charge >= 0.3 is 11.9 Å². The predicted molar refractivity (Wildman–Crippen MR) is 108 cm³/mol. The van der Waals surface area contributed by atoms with E-state index in [2.05, 4.69) is 11.9 Å². The van der Waals surface area contributed by atoms with Gasteiger partial charge in [0, 0.05) is 19.4 Å². The van der Waals surface area contributed by atoms with Gasteiger partial charge in [-0.15, -0.1) is 6.58 Å². The maximum Gasteiger partial charge on any atom is 0.326 e. The van der Waals surface area contributed by atoms with Crippen LogP contribution < -0.4 is 5.32 Å². The molecule has 29 heavy (non-hydrogen) atoms. The van der Waals surface area contributed by atoms with Crippen LogP contribution in [0.15, 0.2) is 12.7 Å². The van der Waals surface area contributed by atoms with Crippen molar-refractivity contribution in [1.29, 1.82) is 0 Å². The Morgan fingerprint density at radius 1 is 1.03 bits per heavy atom. The zero-order valence-electron chi connectivity index (χ0n) is 17.1. The van der Waals surface area contributed by atoms with Gasteiger partial charge in [0.25, 0.3) is 0 Å². The van der Waals surface area contributed by atoms with Gasteiger partial charge in [-0.05, 0) is 38.5 Å². The lowest BCUT2D eigenvalue weighted by Gasteiger charge is -2.25. The van der Waals surface area contributed by atoms with Crippen LogP contribution in [0.4, 0.5) is 0 Å². The lowest BCUT2D eigenvalue weighted by molar-refractivity contribution is -0.144. The number of unbranched alkanes of at least 4 members (excludes halogenated alkanes) is 6. The standard InChI is InChI=1S/C21H34N2O6/c1-2-3-4-5-6-7-8-9-12-18(24)23-15-10-11-17(23)20(27)22-16(21(28)29)13-14-19(25)26/h2,16-17H,1,3-15H2,(H,22,27)(H,25,26)(H,28,29)/t16-,17-/m0/s1. The van der Waals surface area contributed by atoms with E-state index in [1.165, 1.54) is 11.3 Å². The number of amides is 2. The second-order valence-electron chi connectivity index (χ2n) is 7.53. The molecule has 1 rings (SSSR count). The third kappa shape index (κ3) is 9.58. The minimum absolute atomic E-state index is 0.0771. The van der Waals surface area contributed by atoms with Crippen molar-refractivity contribution in [3.05, 3.63) is 12.7 Å². The Morgan fingerprint density at radius 3 is 2.31 bits per heavy atom. The average Bonchev–Trinajstić information content (AvgIpc) is 3.16. The summed E-state index contributed by atoms with van der Waals surface area (Å²) in [5.74, 6) is -2.99. The van der Waals surface area contributed by atoms with E-state index in [1.807, 2.05) is 6.08 Å². The van der Waals surface area contributed by atoms with E-state index in [-0.39, 0.29) is 18.7 Å². The van der Waals surface area contributed by atoms with E-state index in [4.69, 9.17) is 5.11 Å². The Morgan fingerprint density at radius 2 is 1.69 bits per heavy atom. The Bertz CT molecular complexity index is 578. The van der Waals surface area contributed by atoms with Crippen molar-refractivity contribution in [2.24, 2.45) is 0 Å². The van der Waals surface area contributed by atoms with E-state index in [0.717, 1.165) is 38.5 Å². The first-order valence-corrected chi connectivity index (χ1v) is 10.5. The summed E-state index contributed by atoms with van der Waals surface area (Å²) in [4.78, 5) is 48.5. The van der Waals surface area contributed by atoms with Gasteiger partial charge in [-0.3, -0.25) is 14.4 Å². The number of carbonyl (C=O) groups is 4. The molecule has 0 aromatic carbocycles. The molecule has 1 saturated heterocycles. The zero-order chi connectivity index (χ0) is 21.6. The van der Waals surface area contributed by atoms with Crippen LogP contribution >= 0.6 is 0 Å². The molecule has 8 heteroatoms. The molecule has 2 atom stereocenters. The molecule has 0 bridgehead atoms. The van der Waals surface area contributed by atoms with Gasteiger partial charge in [-0.1, -0.05) is 31.8 Å². The van der Waals surface area contributed by atoms with E-state index in [1.54, 1.807) is 0 Å². The van der Waals surface area contributed by atoms with Gasteiger partial charge in [0.1, 0.15) is 12.1 Å². The molecule has 2 amide bonds. The first kappa shape index (κ1) is 24.7. The highest BCUT2D eigenvalue weighted by Crippen LogP contribution is 2.20. The van der Waals surface area contributed by atoms with Crippen molar-refractivity contribution in [2.75, 3.05) is 6.54 Å². The number of aliphatic carboxylic acids is 2. The summed E-state index contributed by atoms with van der Waals surface area (Å²) < 4.78 is 0. The number of likely N-dealkylation sites (tertiary alicyclic amines) is 1. The van der Waals surface area contributed by atoms with Crippen LogP contribution in [0.2, 0.25) is 0 Å². The average molecular weight is 411 g/mol. The van der Waals surface area contributed by atoms with E-state index in [0.29, 0.717) is 25.8 Å². The molecular formula is C21H34N2O6. The Hall–Kier alpha value is -2.38. The third-order valence-corrected chi connectivity index (χ3v) is 5.19. The number of carbonyl (C=O) groups excluding carboxylic acids is 2. The minimum atomic E-state index is -1.27.